The highest BCUT2D eigenvalue weighted by molar-refractivity contribution is 5.77. The van der Waals surface area contributed by atoms with Crippen molar-refractivity contribution in [2.45, 2.75) is 45.7 Å². The fourth-order valence-corrected chi connectivity index (χ4v) is 1.70. The number of ether oxygens (including phenoxy) is 1. The number of carbonyl (C=O) groups is 1. The van der Waals surface area contributed by atoms with Gasteiger partial charge in [-0.15, -0.1) is 0 Å². The zero-order valence-electron chi connectivity index (χ0n) is 12.0. The summed E-state index contributed by atoms with van der Waals surface area (Å²) in [5.41, 5.74) is 6.97. The van der Waals surface area contributed by atoms with Crippen LogP contribution in [0.15, 0.2) is 24.3 Å². The third-order valence-corrected chi connectivity index (χ3v) is 3.14. The highest BCUT2D eigenvalue weighted by Crippen LogP contribution is 2.25. The van der Waals surface area contributed by atoms with Crippen LogP contribution in [0.25, 0.3) is 0 Å². The van der Waals surface area contributed by atoms with Gasteiger partial charge < -0.3 is 15.8 Å². The average Bonchev–Trinajstić information content (AvgIpc) is 2.44. The second-order valence-corrected chi connectivity index (χ2v) is 4.72. The Balaban J connectivity index is 2.60. The molecule has 4 nitrogen and oxygen atoms in total. The van der Waals surface area contributed by atoms with Crippen LogP contribution in [0.1, 0.15) is 45.2 Å². The first-order chi connectivity index (χ1) is 9.08. The van der Waals surface area contributed by atoms with Gasteiger partial charge in [0.2, 0.25) is 0 Å². The summed E-state index contributed by atoms with van der Waals surface area (Å²) in [7, 11) is 0. The molecule has 0 aromatic heterocycles. The van der Waals surface area contributed by atoms with Crippen molar-refractivity contribution in [3.05, 3.63) is 29.8 Å². The molecule has 1 amide bonds. The molecule has 0 saturated heterocycles. The summed E-state index contributed by atoms with van der Waals surface area (Å²) in [6.07, 6.45) is 1.74. The zero-order valence-corrected chi connectivity index (χ0v) is 12.0. The summed E-state index contributed by atoms with van der Waals surface area (Å²) in [4.78, 5) is 11.7. The van der Waals surface area contributed by atoms with E-state index in [9.17, 15) is 4.79 Å². The molecule has 0 radical (unpaired) electrons. The molecule has 0 fully saturated rings. The molecule has 0 spiro atoms. The molecular weight excluding hydrogens is 240 g/mol. The van der Waals surface area contributed by atoms with Crippen molar-refractivity contribution in [2.24, 2.45) is 5.73 Å². The largest absolute Gasteiger partial charge is 0.483 e. The Kier molecular flexibility index (Phi) is 6.36. The molecule has 0 saturated carbocycles. The number of rotatable bonds is 7. The molecule has 106 valence electrons. The molecule has 0 aliphatic rings. The van der Waals surface area contributed by atoms with Gasteiger partial charge in [0.15, 0.2) is 6.61 Å². The highest BCUT2D eigenvalue weighted by atomic mass is 16.5. The summed E-state index contributed by atoms with van der Waals surface area (Å²) < 4.78 is 5.58. The van der Waals surface area contributed by atoms with Crippen molar-refractivity contribution in [1.82, 2.24) is 5.32 Å². The molecule has 1 unspecified atom stereocenters. The van der Waals surface area contributed by atoms with Gasteiger partial charge in [-0.1, -0.05) is 32.0 Å². The predicted octanol–water partition coefficient (Wildman–Crippen LogP) is 2.39. The van der Waals surface area contributed by atoms with Crippen molar-refractivity contribution in [3.8, 4) is 5.75 Å². The van der Waals surface area contributed by atoms with Crippen molar-refractivity contribution in [2.75, 3.05) is 6.61 Å². The molecule has 0 bridgehead atoms. The minimum absolute atomic E-state index is 0.0256. The fourth-order valence-electron chi connectivity index (χ4n) is 1.70. The number of amides is 1. The van der Waals surface area contributed by atoms with Gasteiger partial charge in [0.25, 0.3) is 5.91 Å². The van der Waals surface area contributed by atoms with Crippen LogP contribution in [0, 0.1) is 0 Å². The lowest BCUT2D eigenvalue weighted by Gasteiger charge is -2.16. The topological polar surface area (TPSA) is 64.3 Å². The van der Waals surface area contributed by atoms with E-state index >= 15 is 0 Å². The lowest BCUT2D eigenvalue weighted by Crippen LogP contribution is -2.35. The summed E-state index contributed by atoms with van der Waals surface area (Å²) in [6.45, 7) is 6.05. The van der Waals surface area contributed by atoms with Gasteiger partial charge in [-0.25, -0.2) is 0 Å². The van der Waals surface area contributed by atoms with E-state index in [1.165, 1.54) is 0 Å². The maximum Gasteiger partial charge on any atom is 0.258 e. The Hall–Kier alpha value is -1.55. The Morgan fingerprint density at radius 1 is 1.32 bits per heavy atom. The minimum Gasteiger partial charge on any atom is -0.483 e. The van der Waals surface area contributed by atoms with Crippen molar-refractivity contribution in [1.29, 1.82) is 0 Å². The number of nitrogens with two attached hydrogens (primary N) is 1. The van der Waals surface area contributed by atoms with E-state index in [1.807, 2.05) is 45.0 Å². The van der Waals surface area contributed by atoms with Gasteiger partial charge in [-0.2, -0.15) is 0 Å². The standard InChI is InChI=1S/C15H24N2O2/c1-4-11(3)17-15(18)10-19-14-9-7-6-8-12(14)13(16)5-2/h6-9,11,13H,4-5,10,16H2,1-3H3,(H,17,18)/t11?,13-/m0/s1. The van der Waals surface area contributed by atoms with E-state index < -0.39 is 0 Å². The molecule has 3 N–H and O–H groups in total. The quantitative estimate of drug-likeness (QED) is 0.794. The van der Waals surface area contributed by atoms with Gasteiger partial charge in [0, 0.05) is 17.6 Å². The van der Waals surface area contributed by atoms with Crippen LogP contribution in [0.4, 0.5) is 0 Å². The van der Waals surface area contributed by atoms with Crippen LogP contribution < -0.4 is 15.8 Å². The molecular formula is C15H24N2O2. The van der Waals surface area contributed by atoms with Crippen LogP contribution in [0.5, 0.6) is 5.75 Å². The van der Waals surface area contributed by atoms with E-state index in [-0.39, 0.29) is 24.6 Å². The van der Waals surface area contributed by atoms with Gasteiger partial charge in [0.05, 0.1) is 0 Å². The molecule has 2 atom stereocenters. The third-order valence-electron chi connectivity index (χ3n) is 3.14. The van der Waals surface area contributed by atoms with Gasteiger partial charge >= 0.3 is 0 Å². The van der Waals surface area contributed by atoms with Crippen LogP contribution in [-0.2, 0) is 4.79 Å². The number of hydrogen-bond donors (Lipinski definition) is 2. The van der Waals surface area contributed by atoms with E-state index in [0.29, 0.717) is 5.75 Å². The molecule has 0 aliphatic carbocycles. The van der Waals surface area contributed by atoms with Gasteiger partial charge in [-0.05, 0) is 25.8 Å². The van der Waals surface area contributed by atoms with E-state index in [2.05, 4.69) is 5.32 Å². The second-order valence-electron chi connectivity index (χ2n) is 4.72. The Bertz CT molecular complexity index is 407. The first-order valence-corrected chi connectivity index (χ1v) is 6.85. The molecule has 0 aliphatic heterocycles. The van der Waals surface area contributed by atoms with Crippen LogP contribution in [0.2, 0.25) is 0 Å². The van der Waals surface area contributed by atoms with Crippen molar-refractivity contribution >= 4 is 5.91 Å². The SMILES string of the molecule is CCC(C)NC(=O)COc1ccccc1[C@@H](N)CC. The maximum atomic E-state index is 11.7. The average molecular weight is 264 g/mol. The number of para-hydroxylation sites is 1. The van der Waals surface area contributed by atoms with Gasteiger partial charge in [0.1, 0.15) is 5.75 Å². The number of benzene rings is 1. The van der Waals surface area contributed by atoms with Crippen LogP contribution >= 0.6 is 0 Å². The Labute approximate surface area is 115 Å². The summed E-state index contributed by atoms with van der Waals surface area (Å²) >= 11 is 0. The van der Waals surface area contributed by atoms with Crippen LogP contribution in [-0.4, -0.2) is 18.6 Å². The Morgan fingerprint density at radius 3 is 2.63 bits per heavy atom. The smallest absolute Gasteiger partial charge is 0.258 e. The van der Waals surface area contributed by atoms with E-state index in [0.717, 1.165) is 18.4 Å². The number of nitrogens with one attached hydrogen (secondary N) is 1. The lowest BCUT2D eigenvalue weighted by molar-refractivity contribution is -0.123. The number of carbonyl (C=O) groups excluding carboxylic acids is 1. The monoisotopic (exact) mass is 264 g/mol. The number of hydrogen-bond acceptors (Lipinski definition) is 3. The molecule has 19 heavy (non-hydrogen) atoms. The van der Waals surface area contributed by atoms with Gasteiger partial charge in [-0.3, -0.25) is 4.79 Å². The summed E-state index contributed by atoms with van der Waals surface area (Å²) in [5, 5.41) is 2.87. The fraction of sp³-hybridized carbons (Fsp3) is 0.533. The molecule has 1 aromatic carbocycles. The summed E-state index contributed by atoms with van der Waals surface area (Å²) in [6, 6.07) is 7.71. The maximum absolute atomic E-state index is 11.7. The Morgan fingerprint density at radius 2 is 2.00 bits per heavy atom. The predicted molar refractivity (Wildman–Crippen MR) is 77.1 cm³/mol. The molecule has 1 rings (SSSR count). The van der Waals surface area contributed by atoms with Crippen LogP contribution in [0.3, 0.4) is 0 Å². The molecule has 0 heterocycles. The first-order valence-electron chi connectivity index (χ1n) is 6.85. The third kappa shape index (κ3) is 4.91. The van der Waals surface area contributed by atoms with Crippen molar-refractivity contribution < 1.29 is 9.53 Å². The highest BCUT2D eigenvalue weighted by Gasteiger charge is 2.12. The zero-order chi connectivity index (χ0) is 14.3. The molecule has 4 heteroatoms. The minimum atomic E-state index is -0.103. The lowest BCUT2D eigenvalue weighted by atomic mass is 10.0. The second kappa shape index (κ2) is 7.79. The first kappa shape index (κ1) is 15.5. The van der Waals surface area contributed by atoms with Crippen molar-refractivity contribution in [3.63, 3.8) is 0 Å². The molecule has 1 aromatic rings. The summed E-state index contributed by atoms with van der Waals surface area (Å²) in [5.74, 6) is 0.588. The normalized spacial score (nSPS) is 13.7. The van der Waals surface area contributed by atoms with E-state index in [1.54, 1.807) is 0 Å². The van der Waals surface area contributed by atoms with E-state index in [4.69, 9.17) is 10.5 Å².